The summed E-state index contributed by atoms with van der Waals surface area (Å²) in [7, 11) is -0.308. The number of hydrogen-bond acceptors (Lipinski definition) is 5. The van der Waals surface area contributed by atoms with Crippen LogP contribution in [0.3, 0.4) is 0 Å². The van der Waals surface area contributed by atoms with Crippen molar-refractivity contribution in [2.75, 3.05) is 33.9 Å². The number of sulfonamides is 1. The van der Waals surface area contributed by atoms with E-state index in [-0.39, 0.29) is 17.4 Å². The van der Waals surface area contributed by atoms with Crippen LogP contribution in [0, 0.1) is 5.92 Å². The SMILES string of the molecule is COCC1CCN(S(=O)(=O)c2ccc(OC)c(CN)c2)C1. The maximum absolute atomic E-state index is 12.7. The van der Waals surface area contributed by atoms with Crippen molar-refractivity contribution >= 4 is 10.0 Å². The predicted octanol–water partition coefficient (Wildman–Crippen LogP) is 0.811. The lowest BCUT2D eigenvalue weighted by Gasteiger charge is -2.18. The second-order valence-corrected chi connectivity index (χ2v) is 7.09. The van der Waals surface area contributed by atoms with E-state index in [9.17, 15) is 8.42 Å². The van der Waals surface area contributed by atoms with Crippen LogP contribution in [0.1, 0.15) is 12.0 Å². The van der Waals surface area contributed by atoms with Gasteiger partial charge in [0, 0.05) is 32.3 Å². The van der Waals surface area contributed by atoms with Gasteiger partial charge >= 0.3 is 0 Å². The minimum Gasteiger partial charge on any atom is -0.496 e. The Labute approximate surface area is 125 Å². The number of hydrogen-bond donors (Lipinski definition) is 1. The van der Waals surface area contributed by atoms with Gasteiger partial charge in [0.05, 0.1) is 18.6 Å². The van der Waals surface area contributed by atoms with Gasteiger partial charge in [-0.3, -0.25) is 0 Å². The Hall–Kier alpha value is -1.15. The predicted molar refractivity (Wildman–Crippen MR) is 79.6 cm³/mol. The normalized spacial score (nSPS) is 19.9. The number of ether oxygens (including phenoxy) is 2. The molecule has 1 fully saturated rings. The molecule has 2 rings (SSSR count). The van der Waals surface area contributed by atoms with Gasteiger partial charge in [-0.15, -0.1) is 0 Å². The third-order valence-corrected chi connectivity index (χ3v) is 5.62. The number of nitrogens with two attached hydrogens (primary N) is 1. The van der Waals surface area contributed by atoms with Crippen LogP contribution in [-0.2, 0) is 21.3 Å². The van der Waals surface area contributed by atoms with E-state index in [1.807, 2.05) is 0 Å². The molecule has 0 amide bonds. The molecule has 7 heteroatoms. The molecule has 0 radical (unpaired) electrons. The fourth-order valence-corrected chi connectivity index (χ4v) is 4.19. The number of benzene rings is 1. The van der Waals surface area contributed by atoms with Crippen molar-refractivity contribution in [3.63, 3.8) is 0 Å². The monoisotopic (exact) mass is 314 g/mol. The molecule has 1 aromatic carbocycles. The maximum Gasteiger partial charge on any atom is 0.243 e. The zero-order valence-electron chi connectivity index (χ0n) is 12.4. The van der Waals surface area contributed by atoms with E-state index in [0.717, 1.165) is 6.42 Å². The van der Waals surface area contributed by atoms with E-state index in [4.69, 9.17) is 15.2 Å². The zero-order valence-corrected chi connectivity index (χ0v) is 13.2. The molecule has 1 unspecified atom stereocenters. The summed E-state index contributed by atoms with van der Waals surface area (Å²) in [4.78, 5) is 0.266. The Morgan fingerprint density at radius 1 is 1.38 bits per heavy atom. The summed E-state index contributed by atoms with van der Waals surface area (Å²) in [5.41, 5.74) is 6.33. The fraction of sp³-hybridized carbons (Fsp3) is 0.571. The highest BCUT2D eigenvalue weighted by atomic mass is 32.2. The van der Waals surface area contributed by atoms with Crippen LogP contribution < -0.4 is 10.5 Å². The van der Waals surface area contributed by atoms with Crippen LogP contribution in [-0.4, -0.2) is 46.6 Å². The first-order valence-corrected chi connectivity index (χ1v) is 8.33. The van der Waals surface area contributed by atoms with Crippen LogP contribution in [0.5, 0.6) is 5.75 Å². The zero-order chi connectivity index (χ0) is 15.5. The molecule has 21 heavy (non-hydrogen) atoms. The summed E-state index contributed by atoms with van der Waals surface area (Å²) >= 11 is 0. The smallest absolute Gasteiger partial charge is 0.243 e. The largest absolute Gasteiger partial charge is 0.496 e. The lowest BCUT2D eigenvalue weighted by Crippen LogP contribution is -2.29. The third-order valence-electron chi connectivity index (χ3n) is 3.76. The Morgan fingerprint density at radius 3 is 2.76 bits per heavy atom. The Balaban J connectivity index is 2.24. The average Bonchev–Trinajstić information content (AvgIpc) is 2.96. The van der Waals surface area contributed by atoms with Gasteiger partial charge in [0.25, 0.3) is 0 Å². The van der Waals surface area contributed by atoms with E-state index in [1.165, 1.54) is 4.31 Å². The quantitative estimate of drug-likeness (QED) is 0.840. The van der Waals surface area contributed by atoms with Crippen molar-refractivity contribution in [2.45, 2.75) is 17.9 Å². The number of rotatable bonds is 6. The van der Waals surface area contributed by atoms with Gasteiger partial charge in [-0.2, -0.15) is 4.31 Å². The van der Waals surface area contributed by atoms with Crippen molar-refractivity contribution in [1.29, 1.82) is 0 Å². The first kappa shape index (κ1) is 16.2. The van der Waals surface area contributed by atoms with Crippen molar-refractivity contribution in [3.8, 4) is 5.75 Å². The fourth-order valence-electron chi connectivity index (χ4n) is 2.61. The van der Waals surface area contributed by atoms with E-state index in [2.05, 4.69) is 0 Å². The molecule has 118 valence electrons. The lowest BCUT2D eigenvalue weighted by atomic mass is 10.1. The van der Waals surface area contributed by atoms with Gasteiger partial charge in [-0.1, -0.05) is 0 Å². The molecule has 6 nitrogen and oxygen atoms in total. The van der Waals surface area contributed by atoms with Crippen LogP contribution in [0.25, 0.3) is 0 Å². The first-order valence-electron chi connectivity index (χ1n) is 6.89. The van der Waals surface area contributed by atoms with Gasteiger partial charge in [-0.25, -0.2) is 8.42 Å². The number of nitrogens with zero attached hydrogens (tertiary/aromatic N) is 1. The summed E-state index contributed by atoms with van der Waals surface area (Å²) in [5, 5.41) is 0. The highest BCUT2D eigenvalue weighted by Gasteiger charge is 2.32. The highest BCUT2D eigenvalue weighted by molar-refractivity contribution is 7.89. The van der Waals surface area contributed by atoms with E-state index < -0.39 is 10.0 Å². The van der Waals surface area contributed by atoms with E-state index in [0.29, 0.717) is 31.0 Å². The molecule has 1 aliphatic rings. The van der Waals surface area contributed by atoms with Crippen molar-refractivity contribution < 1.29 is 17.9 Å². The molecular weight excluding hydrogens is 292 g/mol. The van der Waals surface area contributed by atoms with Gasteiger partial charge < -0.3 is 15.2 Å². The first-order chi connectivity index (χ1) is 10.0. The molecule has 0 aromatic heterocycles. The Kier molecular flexibility index (Phi) is 5.21. The van der Waals surface area contributed by atoms with E-state index in [1.54, 1.807) is 32.4 Å². The van der Waals surface area contributed by atoms with Gasteiger partial charge in [0.15, 0.2) is 0 Å². The van der Waals surface area contributed by atoms with Gasteiger partial charge in [0.1, 0.15) is 5.75 Å². The van der Waals surface area contributed by atoms with E-state index >= 15 is 0 Å². The van der Waals surface area contributed by atoms with Crippen molar-refractivity contribution in [3.05, 3.63) is 23.8 Å². The van der Waals surface area contributed by atoms with Gasteiger partial charge in [0.2, 0.25) is 10.0 Å². The van der Waals surface area contributed by atoms with Crippen LogP contribution in [0.2, 0.25) is 0 Å². The molecule has 1 atom stereocenters. The topological polar surface area (TPSA) is 81.9 Å². The lowest BCUT2D eigenvalue weighted by molar-refractivity contribution is 0.157. The molecule has 0 bridgehead atoms. The maximum atomic E-state index is 12.7. The van der Waals surface area contributed by atoms with Crippen LogP contribution >= 0.6 is 0 Å². The van der Waals surface area contributed by atoms with Crippen LogP contribution in [0.4, 0.5) is 0 Å². The average molecular weight is 314 g/mol. The number of methoxy groups -OCH3 is 2. The molecule has 0 saturated carbocycles. The Bertz CT molecular complexity index is 589. The molecule has 1 heterocycles. The van der Waals surface area contributed by atoms with Crippen LogP contribution in [0.15, 0.2) is 23.1 Å². The molecule has 0 spiro atoms. The molecule has 1 aromatic rings. The van der Waals surface area contributed by atoms with Crippen molar-refractivity contribution in [1.82, 2.24) is 4.31 Å². The highest BCUT2D eigenvalue weighted by Crippen LogP contribution is 2.27. The minimum absolute atomic E-state index is 0.235. The second-order valence-electron chi connectivity index (χ2n) is 5.15. The second kappa shape index (κ2) is 6.74. The molecular formula is C14H22N2O4S. The molecule has 1 saturated heterocycles. The van der Waals surface area contributed by atoms with Crippen molar-refractivity contribution in [2.24, 2.45) is 11.7 Å². The summed E-state index contributed by atoms with van der Waals surface area (Å²) in [6.07, 6.45) is 0.826. The summed E-state index contributed by atoms with van der Waals surface area (Å²) < 4.78 is 37.1. The Morgan fingerprint density at radius 2 is 2.14 bits per heavy atom. The third kappa shape index (κ3) is 3.37. The van der Waals surface area contributed by atoms with Gasteiger partial charge in [-0.05, 0) is 30.5 Å². The molecule has 1 aliphatic heterocycles. The standard InChI is InChI=1S/C14H22N2O4S/c1-19-10-11-5-6-16(9-11)21(17,18)13-3-4-14(20-2)12(7-13)8-15/h3-4,7,11H,5-6,8-10,15H2,1-2H3. The minimum atomic E-state index is -3.48. The summed E-state index contributed by atoms with van der Waals surface area (Å²) in [5.74, 6) is 0.868. The summed E-state index contributed by atoms with van der Waals surface area (Å²) in [6, 6.07) is 4.81. The molecule has 0 aliphatic carbocycles. The molecule has 2 N–H and O–H groups in total. The summed E-state index contributed by atoms with van der Waals surface area (Å²) in [6.45, 7) is 1.85.